The summed E-state index contributed by atoms with van der Waals surface area (Å²) in [6.45, 7) is 0.608. The molecule has 1 amide bonds. The highest BCUT2D eigenvalue weighted by Gasteiger charge is 2.13. The Hall–Kier alpha value is -3.22. The molecule has 1 aliphatic rings. The normalized spacial score (nSPS) is 13.4. The van der Waals surface area contributed by atoms with Gasteiger partial charge < -0.3 is 15.4 Å². The van der Waals surface area contributed by atoms with Crippen molar-refractivity contribution in [2.75, 3.05) is 19.0 Å². The Morgan fingerprint density at radius 3 is 2.64 bits per heavy atom. The maximum absolute atomic E-state index is 12.2. The number of benzene rings is 1. The molecular formula is C21H24N4O3. The number of nitrogens with zero attached hydrogens (tertiary/aromatic N) is 2. The van der Waals surface area contributed by atoms with Crippen molar-refractivity contribution in [1.29, 1.82) is 0 Å². The van der Waals surface area contributed by atoms with Crippen molar-refractivity contribution in [3.05, 3.63) is 59.4 Å². The van der Waals surface area contributed by atoms with Gasteiger partial charge in [-0.2, -0.15) is 0 Å². The van der Waals surface area contributed by atoms with E-state index in [2.05, 4.69) is 26.7 Å². The summed E-state index contributed by atoms with van der Waals surface area (Å²) in [4.78, 5) is 32.4. The van der Waals surface area contributed by atoms with Gasteiger partial charge in [-0.3, -0.25) is 4.79 Å². The molecule has 1 heterocycles. The van der Waals surface area contributed by atoms with E-state index in [0.29, 0.717) is 29.3 Å². The van der Waals surface area contributed by atoms with Gasteiger partial charge in [0, 0.05) is 18.9 Å². The minimum absolute atomic E-state index is 0.196. The summed E-state index contributed by atoms with van der Waals surface area (Å²) in [6.07, 6.45) is 10.9. The Balaban J connectivity index is 1.57. The van der Waals surface area contributed by atoms with Crippen LogP contribution in [-0.4, -0.2) is 35.5 Å². The highest BCUT2D eigenvalue weighted by atomic mass is 16.5. The molecule has 7 heteroatoms. The zero-order valence-corrected chi connectivity index (χ0v) is 15.9. The maximum Gasteiger partial charge on any atom is 0.339 e. The van der Waals surface area contributed by atoms with E-state index in [-0.39, 0.29) is 5.91 Å². The van der Waals surface area contributed by atoms with Gasteiger partial charge in [0.1, 0.15) is 0 Å². The molecule has 0 saturated carbocycles. The fraction of sp³-hybridized carbons (Fsp3) is 0.333. The highest BCUT2D eigenvalue weighted by Crippen LogP contribution is 2.20. The molecule has 1 aromatic heterocycles. The van der Waals surface area contributed by atoms with Gasteiger partial charge in [-0.25, -0.2) is 14.8 Å². The van der Waals surface area contributed by atoms with Crippen LogP contribution in [0.15, 0.2) is 48.3 Å². The third-order valence-electron chi connectivity index (χ3n) is 4.61. The van der Waals surface area contributed by atoms with Gasteiger partial charge in [-0.1, -0.05) is 23.8 Å². The first-order valence-corrected chi connectivity index (χ1v) is 9.40. The maximum atomic E-state index is 12.2. The number of para-hydroxylation sites is 1. The number of aromatic nitrogens is 2. The lowest BCUT2D eigenvalue weighted by molar-refractivity contribution is 0.0601. The number of nitrogens with one attached hydrogen (secondary N) is 2. The second-order valence-corrected chi connectivity index (χ2v) is 6.57. The van der Waals surface area contributed by atoms with Gasteiger partial charge >= 0.3 is 5.97 Å². The van der Waals surface area contributed by atoms with Crippen LogP contribution in [0.1, 0.15) is 52.8 Å². The number of methoxy groups -OCH3 is 1. The Morgan fingerprint density at radius 2 is 1.93 bits per heavy atom. The number of ether oxygens (including phenoxy) is 1. The van der Waals surface area contributed by atoms with Crippen LogP contribution in [0.25, 0.3) is 0 Å². The molecule has 1 aromatic carbocycles. The molecule has 0 radical (unpaired) electrons. The average Bonchev–Trinajstić information content (AvgIpc) is 2.75. The molecule has 7 nitrogen and oxygen atoms in total. The largest absolute Gasteiger partial charge is 0.465 e. The first-order chi connectivity index (χ1) is 13.7. The van der Waals surface area contributed by atoms with Gasteiger partial charge in [0.2, 0.25) is 5.95 Å². The Labute approximate surface area is 164 Å². The van der Waals surface area contributed by atoms with Crippen LogP contribution in [0, 0.1) is 0 Å². The summed E-state index contributed by atoms with van der Waals surface area (Å²) in [5.41, 5.74) is 2.73. The molecule has 0 bridgehead atoms. The third kappa shape index (κ3) is 5.16. The van der Waals surface area contributed by atoms with Crippen LogP contribution in [0.2, 0.25) is 0 Å². The van der Waals surface area contributed by atoms with E-state index in [1.165, 1.54) is 37.9 Å². The first-order valence-electron chi connectivity index (χ1n) is 9.40. The van der Waals surface area contributed by atoms with Crippen LogP contribution < -0.4 is 10.6 Å². The fourth-order valence-corrected chi connectivity index (χ4v) is 3.08. The number of rotatable bonds is 7. The number of hydrogen-bond acceptors (Lipinski definition) is 6. The van der Waals surface area contributed by atoms with Crippen molar-refractivity contribution < 1.29 is 14.3 Å². The molecule has 146 valence electrons. The van der Waals surface area contributed by atoms with E-state index in [0.717, 1.165) is 19.3 Å². The lowest BCUT2D eigenvalue weighted by Gasteiger charge is -2.13. The Kier molecular flexibility index (Phi) is 6.73. The number of amides is 1. The van der Waals surface area contributed by atoms with Crippen molar-refractivity contribution in [3.63, 3.8) is 0 Å². The minimum atomic E-state index is -0.452. The van der Waals surface area contributed by atoms with Gasteiger partial charge in [-0.15, -0.1) is 0 Å². The monoisotopic (exact) mass is 380 g/mol. The van der Waals surface area contributed by atoms with E-state index in [4.69, 9.17) is 4.74 Å². The first kappa shape index (κ1) is 19.5. The summed E-state index contributed by atoms with van der Waals surface area (Å²) in [5, 5.41) is 5.88. The van der Waals surface area contributed by atoms with Crippen LogP contribution in [0.4, 0.5) is 11.6 Å². The van der Waals surface area contributed by atoms with Crippen molar-refractivity contribution >= 4 is 23.5 Å². The van der Waals surface area contributed by atoms with E-state index in [1.54, 1.807) is 24.3 Å². The lowest BCUT2D eigenvalue weighted by atomic mass is 9.97. The molecule has 3 rings (SSSR count). The molecular weight excluding hydrogens is 356 g/mol. The molecule has 0 spiro atoms. The summed E-state index contributed by atoms with van der Waals surface area (Å²) in [6, 6.07) is 6.92. The quantitative estimate of drug-likeness (QED) is 0.563. The van der Waals surface area contributed by atoms with Gasteiger partial charge in [0.05, 0.1) is 23.9 Å². The zero-order valence-electron chi connectivity index (χ0n) is 15.9. The second-order valence-electron chi connectivity index (χ2n) is 6.57. The molecule has 2 N–H and O–H groups in total. The van der Waals surface area contributed by atoms with Crippen LogP contribution in [-0.2, 0) is 4.74 Å². The zero-order chi connectivity index (χ0) is 19.8. The Morgan fingerprint density at radius 1 is 1.14 bits per heavy atom. The number of allylic oxidation sites excluding steroid dienone is 1. The number of carbonyl (C=O) groups excluding carboxylic acids is 2. The third-order valence-corrected chi connectivity index (χ3v) is 4.61. The number of esters is 1. The summed E-state index contributed by atoms with van der Waals surface area (Å²) in [7, 11) is 1.33. The van der Waals surface area contributed by atoms with E-state index in [1.807, 2.05) is 0 Å². The Bertz CT molecular complexity index is 862. The van der Waals surface area contributed by atoms with Crippen LogP contribution in [0.5, 0.6) is 0 Å². The second kappa shape index (κ2) is 9.64. The molecule has 0 unspecified atom stereocenters. The van der Waals surface area contributed by atoms with Crippen molar-refractivity contribution in [2.24, 2.45) is 0 Å². The molecule has 0 saturated heterocycles. The molecule has 1 aliphatic carbocycles. The van der Waals surface area contributed by atoms with Crippen molar-refractivity contribution in [3.8, 4) is 0 Å². The topological polar surface area (TPSA) is 93.2 Å². The van der Waals surface area contributed by atoms with Crippen LogP contribution in [0.3, 0.4) is 0 Å². The predicted molar refractivity (Wildman–Crippen MR) is 107 cm³/mol. The minimum Gasteiger partial charge on any atom is -0.465 e. The standard InChI is InChI=1S/C21H24N4O3/c1-28-20(27)17-9-5-6-10-18(17)25-21-23-13-16(14-24-21)19(26)22-12-11-15-7-3-2-4-8-15/h5-7,9-10,13-14H,2-4,8,11-12H2,1H3,(H,22,26)(H,23,24,25). The summed E-state index contributed by atoms with van der Waals surface area (Å²) < 4.78 is 4.77. The van der Waals surface area contributed by atoms with Gasteiger partial charge in [0.25, 0.3) is 5.91 Å². The summed E-state index contributed by atoms with van der Waals surface area (Å²) >= 11 is 0. The fourth-order valence-electron chi connectivity index (χ4n) is 3.08. The SMILES string of the molecule is COC(=O)c1ccccc1Nc1ncc(C(=O)NCCC2=CCCCC2)cn1. The van der Waals surface area contributed by atoms with Gasteiger partial charge in [-0.05, 0) is 44.2 Å². The van der Waals surface area contributed by atoms with Crippen LogP contribution >= 0.6 is 0 Å². The molecule has 0 aliphatic heterocycles. The van der Waals surface area contributed by atoms with E-state index < -0.39 is 5.97 Å². The lowest BCUT2D eigenvalue weighted by Crippen LogP contribution is -2.25. The van der Waals surface area contributed by atoms with E-state index >= 15 is 0 Å². The molecule has 0 fully saturated rings. The van der Waals surface area contributed by atoms with Gasteiger partial charge in [0.15, 0.2) is 0 Å². The number of hydrogen-bond donors (Lipinski definition) is 2. The van der Waals surface area contributed by atoms with Crippen molar-refractivity contribution in [1.82, 2.24) is 15.3 Å². The molecule has 2 aromatic rings. The predicted octanol–water partition coefficient (Wildman–Crippen LogP) is 3.63. The average molecular weight is 380 g/mol. The summed E-state index contributed by atoms with van der Waals surface area (Å²) in [5.74, 6) is -0.356. The van der Waals surface area contributed by atoms with E-state index in [9.17, 15) is 9.59 Å². The molecule has 28 heavy (non-hydrogen) atoms. The number of carbonyl (C=O) groups is 2. The highest BCUT2D eigenvalue weighted by molar-refractivity contribution is 5.96. The van der Waals surface area contributed by atoms with Crippen molar-refractivity contribution in [2.45, 2.75) is 32.1 Å². The number of anilines is 2. The smallest absolute Gasteiger partial charge is 0.339 e. The molecule has 0 atom stereocenters.